The number of hydrogen-bond acceptors (Lipinski definition) is 1. The summed E-state index contributed by atoms with van der Waals surface area (Å²) in [6, 6.07) is 8.61. The first-order chi connectivity index (χ1) is 9.92. The lowest BCUT2D eigenvalue weighted by atomic mass is 10.2. The minimum absolute atomic E-state index is 0.683. The zero-order valence-corrected chi connectivity index (χ0v) is 16.1. The van der Waals surface area contributed by atoms with Crippen molar-refractivity contribution < 1.29 is 4.43 Å². The van der Waals surface area contributed by atoms with Crippen molar-refractivity contribution in [2.45, 2.75) is 84.4 Å². The van der Waals surface area contributed by atoms with Gasteiger partial charge in [-0.3, -0.25) is 0 Å². The molecule has 0 aliphatic heterocycles. The zero-order chi connectivity index (χ0) is 16.0. The third-order valence-electron chi connectivity index (χ3n) is 5.43. The molecule has 1 aromatic carbocycles. The molecule has 0 N–H and O–H groups in total. The molecular formula is C19H34OSi. The Labute approximate surface area is 133 Å². The van der Waals surface area contributed by atoms with Crippen molar-refractivity contribution in [2.75, 3.05) is 0 Å². The molecule has 3 atom stereocenters. The van der Waals surface area contributed by atoms with Gasteiger partial charge in [-0.15, -0.1) is 0 Å². The largest absolute Gasteiger partial charge is 0.543 e. The highest BCUT2D eigenvalue weighted by atomic mass is 28.4. The molecule has 0 bridgehead atoms. The highest BCUT2D eigenvalue weighted by Crippen LogP contribution is 2.47. The summed E-state index contributed by atoms with van der Waals surface area (Å²) in [5, 5.41) is 0. The highest BCUT2D eigenvalue weighted by molar-refractivity contribution is 6.78. The molecule has 0 aliphatic carbocycles. The van der Waals surface area contributed by atoms with Crippen LogP contribution in [0.1, 0.15) is 66.4 Å². The van der Waals surface area contributed by atoms with E-state index in [1.54, 1.807) is 0 Å². The lowest BCUT2D eigenvalue weighted by molar-refractivity contribution is 0.453. The van der Waals surface area contributed by atoms with Gasteiger partial charge in [0, 0.05) is 0 Å². The first-order valence-electron chi connectivity index (χ1n) is 8.67. The van der Waals surface area contributed by atoms with Crippen molar-refractivity contribution in [3.05, 3.63) is 29.8 Å². The Bertz CT molecular complexity index is 403. The zero-order valence-electron chi connectivity index (χ0n) is 15.1. The summed E-state index contributed by atoms with van der Waals surface area (Å²) < 4.78 is 6.88. The van der Waals surface area contributed by atoms with E-state index in [0.29, 0.717) is 16.6 Å². The molecule has 0 amide bonds. The van der Waals surface area contributed by atoms with Gasteiger partial charge in [0.25, 0.3) is 8.32 Å². The molecule has 0 spiro atoms. The Hall–Kier alpha value is -0.763. The summed E-state index contributed by atoms with van der Waals surface area (Å²) in [5.41, 5.74) is 3.33. The van der Waals surface area contributed by atoms with Crippen molar-refractivity contribution in [3.63, 3.8) is 0 Å². The molecule has 0 saturated heterocycles. The Morgan fingerprint density at radius 3 is 1.76 bits per heavy atom. The second kappa shape index (κ2) is 8.02. The van der Waals surface area contributed by atoms with Crippen molar-refractivity contribution in [1.82, 2.24) is 0 Å². The van der Waals surface area contributed by atoms with E-state index in [9.17, 15) is 0 Å². The number of hydrogen-bond donors (Lipinski definition) is 0. The van der Waals surface area contributed by atoms with Gasteiger partial charge < -0.3 is 4.43 Å². The minimum atomic E-state index is -1.87. The summed E-state index contributed by atoms with van der Waals surface area (Å²) in [7, 11) is -1.87. The first kappa shape index (κ1) is 18.3. The van der Waals surface area contributed by atoms with Crippen LogP contribution < -0.4 is 4.43 Å². The van der Waals surface area contributed by atoms with E-state index < -0.39 is 8.32 Å². The van der Waals surface area contributed by atoms with Gasteiger partial charge in [0.2, 0.25) is 0 Å². The van der Waals surface area contributed by atoms with Crippen LogP contribution in [-0.4, -0.2) is 8.32 Å². The lowest BCUT2D eigenvalue weighted by Crippen LogP contribution is -2.52. The number of benzene rings is 1. The molecule has 0 aliphatic rings. The maximum Gasteiger partial charge on any atom is 0.259 e. The Kier molecular flexibility index (Phi) is 6.99. The molecule has 0 fully saturated rings. The van der Waals surface area contributed by atoms with Crippen LogP contribution in [0.15, 0.2) is 24.3 Å². The molecule has 120 valence electrons. The van der Waals surface area contributed by atoms with Crippen molar-refractivity contribution >= 4 is 8.32 Å². The smallest absolute Gasteiger partial charge is 0.259 e. The molecule has 1 nitrogen and oxygen atoms in total. The summed E-state index contributed by atoms with van der Waals surface area (Å²) in [6.45, 7) is 16.3. The molecule has 0 heterocycles. The van der Waals surface area contributed by atoms with Crippen LogP contribution in [0.3, 0.4) is 0 Å². The molecule has 1 aromatic rings. The topological polar surface area (TPSA) is 9.23 Å². The van der Waals surface area contributed by atoms with E-state index >= 15 is 0 Å². The van der Waals surface area contributed by atoms with E-state index in [4.69, 9.17) is 4.43 Å². The highest BCUT2D eigenvalue weighted by Gasteiger charge is 2.50. The summed E-state index contributed by atoms with van der Waals surface area (Å²) in [6.07, 6.45) is 3.64. The van der Waals surface area contributed by atoms with Gasteiger partial charge in [-0.05, 0) is 41.2 Å². The monoisotopic (exact) mass is 306 g/mol. The standard InChI is InChI=1S/C19H34OSi/c1-8-16(5)21(17(6)9-2,18(7)10-3)20-19-13-11-12-15(4)14-19/h11-14,16-18H,8-10H2,1-7H3. The average Bonchev–Trinajstić information content (AvgIpc) is 2.50. The Morgan fingerprint density at radius 2 is 1.38 bits per heavy atom. The van der Waals surface area contributed by atoms with E-state index in [1.165, 1.54) is 24.8 Å². The van der Waals surface area contributed by atoms with Crippen molar-refractivity contribution in [3.8, 4) is 5.75 Å². The maximum absolute atomic E-state index is 6.88. The van der Waals surface area contributed by atoms with E-state index in [2.05, 4.69) is 72.7 Å². The van der Waals surface area contributed by atoms with Crippen LogP contribution in [0.25, 0.3) is 0 Å². The summed E-state index contributed by atoms with van der Waals surface area (Å²) in [5.74, 6) is 1.09. The van der Waals surface area contributed by atoms with Gasteiger partial charge in [-0.2, -0.15) is 0 Å². The van der Waals surface area contributed by atoms with E-state index in [1.807, 2.05) is 0 Å². The fraction of sp³-hybridized carbons (Fsp3) is 0.684. The molecule has 0 aromatic heterocycles. The maximum atomic E-state index is 6.88. The molecular weight excluding hydrogens is 272 g/mol. The normalized spacial score (nSPS) is 18.6. The van der Waals surface area contributed by atoms with Gasteiger partial charge in [-0.1, -0.05) is 72.9 Å². The molecule has 21 heavy (non-hydrogen) atoms. The summed E-state index contributed by atoms with van der Waals surface area (Å²) >= 11 is 0. The molecule has 3 unspecified atom stereocenters. The van der Waals surface area contributed by atoms with E-state index in [0.717, 1.165) is 5.75 Å². The van der Waals surface area contributed by atoms with Crippen molar-refractivity contribution in [2.24, 2.45) is 0 Å². The Balaban J connectivity index is 3.27. The van der Waals surface area contributed by atoms with Crippen LogP contribution >= 0.6 is 0 Å². The fourth-order valence-corrected chi connectivity index (χ4v) is 9.57. The summed E-state index contributed by atoms with van der Waals surface area (Å²) in [4.78, 5) is 0. The van der Waals surface area contributed by atoms with Gasteiger partial charge in [0.05, 0.1) is 0 Å². The van der Waals surface area contributed by atoms with E-state index in [-0.39, 0.29) is 0 Å². The van der Waals surface area contributed by atoms with Gasteiger partial charge in [-0.25, -0.2) is 0 Å². The average molecular weight is 307 g/mol. The second-order valence-corrected chi connectivity index (χ2v) is 11.6. The molecule has 1 rings (SSSR count). The van der Waals surface area contributed by atoms with Gasteiger partial charge >= 0.3 is 0 Å². The van der Waals surface area contributed by atoms with Crippen LogP contribution in [-0.2, 0) is 0 Å². The fourth-order valence-electron chi connectivity index (χ4n) is 3.60. The number of aryl methyl sites for hydroxylation is 1. The first-order valence-corrected chi connectivity index (χ1v) is 10.8. The Morgan fingerprint density at radius 1 is 0.905 bits per heavy atom. The third-order valence-corrected chi connectivity index (χ3v) is 11.9. The minimum Gasteiger partial charge on any atom is -0.543 e. The predicted octanol–water partition coefficient (Wildman–Crippen LogP) is 6.72. The van der Waals surface area contributed by atoms with Crippen LogP contribution in [0.2, 0.25) is 16.6 Å². The van der Waals surface area contributed by atoms with Gasteiger partial charge in [0.15, 0.2) is 0 Å². The van der Waals surface area contributed by atoms with Crippen molar-refractivity contribution in [1.29, 1.82) is 0 Å². The van der Waals surface area contributed by atoms with Crippen LogP contribution in [0.5, 0.6) is 5.75 Å². The van der Waals surface area contributed by atoms with Gasteiger partial charge in [0.1, 0.15) is 5.75 Å². The molecule has 0 saturated carbocycles. The second-order valence-electron chi connectivity index (χ2n) is 6.70. The number of rotatable bonds is 8. The van der Waals surface area contributed by atoms with Crippen LogP contribution in [0.4, 0.5) is 0 Å². The quantitative estimate of drug-likeness (QED) is 0.484. The molecule has 2 heteroatoms. The molecule has 0 radical (unpaired) electrons. The van der Waals surface area contributed by atoms with Crippen LogP contribution in [0, 0.1) is 6.92 Å². The lowest BCUT2D eigenvalue weighted by Gasteiger charge is -2.45. The predicted molar refractivity (Wildman–Crippen MR) is 96.7 cm³/mol. The SMILES string of the molecule is CCC(C)[Si](Oc1cccc(C)c1)(C(C)CC)C(C)CC. The third kappa shape index (κ3) is 3.91.